The van der Waals surface area contributed by atoms with Gasteiger partial charge in [-0.15, -0.1) is 12.4 Å². The number of piperidine rings is 1. The highest BCUT2D eigenvalue weighted by molar-refractivity contribution is 6.01. The van der Waals surface area contributed by atoms with Crippen molar-refractivity contribution >= 4 is 40.4 Å². The Morgan fingerprint density at radius 2 is 2.23 bits per heavy atom. The number of para-hydroxylation sites is 1. The molecule has 1 unspecified atom stereocenters. The lowest BCUT2D eigenvalue weighted by Gasteiger charge is -2.22. The first-order valence-corrected chi connectivity index (χ1v) is 8.56. The van der Waals surface area contributed by atoms with Gasteiger partial charge in [-0.25, -0.2) is 4.98 Å². The van der Waals surface area contributed by atoms with Crippen molar-refractivity contribution in [3.63, 3.8) is 0 Å². The minimum absolute atomic E-state index is 0. The van der Waals surface area contributed by atoms with Crippen molar-refractivity contribution in [1.82, 2.24) is 20.2 Å². The lowest BCUT2D eigenvalue weighted by molar-refractivity contribution is -0.121. The van der Waals surface area contributed by atoms with Gasteiger partial charge in [0.25, 0.3) is 5.56 Å². The van der Waals surface area contributed by atoms with E-state index in [0.29, 0.717) is 23.6 Å². The molecule has 0 saturated carbocycles. The zero-order valence-corrected chi connectivity index (χ0v) is 15.1. The molecule has 1 aliphatic heterocycles. The second-order valence-corrected chi connectivity index (χ2v) is 6.47. The first kappa shape index (κ1) is 18.4. The Labute approximate surface area is 156 Å². The quantitative estimate of drug-likeness (QED) is 0.723. The van der Waals surface area contributed by atoms with Gasteiger partial charge in [-0.05, 0) is 44.0 Å². The van der Waals surface area contributed by atoms with Crippen LogP contribution in [0, 0.1) is 5.92 Å². The van der Waals surface area contributed by atoms with Crippen LogP contribution < -0.4 is 16.2 Å². The van der Waals surface area contributed by atoms with Crippen LogP contribution >= 0.6 is 12.4 Å². The zero-order chi connectivity index (χ0) is 17.2. The first-order valence-electron chi connectivity index (χ1n) is 8.56. The molecule has 0 radical (unpaired) electrons. The summed E-state index contributed by atoms with van der Waals surface area (Å²) in [6.07, 6.45) is 3.65. The molecule has 2 N–H and O–H groups in total. The summed E-state index contributed by atoms with van der Waals surface area (Å²) in [7, 11) is 0. The molecule has 1 aromatic carbocycles. The van der Waals surface area contributed by atoms with E-state index in [1.54, 1.807) is 6.07 Å². The Bertz CT molecular complexity index is 975. The van der Waals surface area contributed by atoms with Gasteiger partial charge in [0.1, 0.15) is 17.6 Å². The lowest BCUT2D eigenvalue weighted by Crippen LogP contribution is -2.40. The summed E-state index contributed by atoms with van der Waals surface area (Å²) in [5.74, 6) is 0.260. The molecule has 1 atom stereocenters. The van der Waals surface area contributed by atoms with Crippen LogP contribution in [0.4, 0.5) is 0 Å². The molecule has 2 aromatic heterocycles. The maximum absolute atomic E-state index is 12.6. The number of fused-ring (bicyclic) bond motifs is 3. The van der Waals surface area contributed by atoms with E-state index in [0.717, 1.165) is 31.3 Å². The summed E-state index contributed by atoms with van der Waals surface area (Å²) in [4.78, 5) is 29.1. The smallest absolute Gasteiger partial charge is 0.297 e. The zero-order valence-electron chi connectivity index (χ0n) is 14.2. The molecule has 0 spiro atoms. The van der Waals surface area contributed by atoms with Gasteiger partial charge in [-0.1, -0.05) is 12.1 Å². The van der Waals surface area contributed by atoms with E-state index < -0.39 is 0 Å². The molecule has 4 rings (SSSR count). The van der Waals surface area contributed by atoms with E-state index in [2.05, 4.69) is 15.6 Å². The van der Waals surface area contributed by atoms with Gasteiger partial charge in [0.15, 0.2) is 0 Å². The highest BCUT2D eigenvalue weighted by Gasteiger charge is 2.16. The van der Waals surface area contributed by atoms with Crippen molar-refractivity contribution in [2.75, 3.05) is 19.6 Å². The van der Waals surface area contributed by atoms with Gasteiger partial charge in [-0.3, -0.25) is 14.2 Å². The van der Waals surface area contributed by atoms with Gasteiger partial charge in [0, 0.05) is 11.9 Å². The van der Waals surface area contributed by atoms with Gasteiger partial charge in [0.05, 0.1) is 6.33 Å². The fourth-order valence-electron chi connectivity index (χ4n) is 3.29. The third-order valence-electron chi connectivity index (χ3n) is 4.65. The van der Waals surface area contributed by atoms with Crippen LogP contribution in [-0.4, -0.2) is 35.1 Å². The van der Waals surface area contributed by atoms with E-state index in [9.17, 15) is 9.59 Å². The van der Waals surface area contributed by atoms with Crippen LogP contribution in [0.15, 0.2) is 39.8 Å². The minimum atomic E-state index is -0.337. The molecule has 8 heteroatoms. The molecule has 138 valence electrons. The number of aromatic nitrogens is 2. The molecule has 0 bridgehead atoms. The van der Waals surface area contributed by atoms with Crippen molar-refractivity contribution in [3.05, 3.63) is 40.9 Å². The van der Waals surface area contributed by atoms with E-state index in [-0.39, 0.29) is 36.0 Å². The van der Waals surface area contributed by atoms with Crippen LogP contribution in [0.5, 0.6) is 0 Å². The average molecular weight is 377 g/mol. The van der Waals surface area contributed by atoms with Gasteiger partial charge in [-0.2, -0.15) is 0 Å². The monoisotopic (exact) mass is 376 g/mol. The molecular weight excluding hydrogens is 356 g/mol. The number of benzene rings is 1. The van der Waals surface area contributed by atoms with Gasteiger partial charge < -0.3 is 15.1 Å². The summed E-state index contributed by atoms with van der Waals surface area (Å²) in [6, 6.07) is 7.38. The van der Waals surface area contributed by atoms with Crippen molar-refractivity contribution < 1.29 is 9.21 Å². The van der Waals surface area contributed by atoms with Crippen molar-refractivity contribution in [3.8, 4) is 0 Å². The predicted molar refractivity (Wildman–Crippen MR) is 102 cm³/mol. The minimum Gasteiger partial charge on any atom is -0.448 e. The Morgan fingerprint density at radius 3 is 3.04 bits per heavy atom. The normalized spacial score (nSPS) is 17.2. The maximum Gasteiger partial charge on any atom is 0.297 e. The Morgan fingerprint density at radius 1 is 1.38 bits per heavy atom. The molecular formula is C18H21ClN4O3. The molecule has 1 saturated heterocycles. The van der Waals surface area contributed by atoms with Crippen LogP contribution in [0.2, 0.25) is 0 Å². The summed E-state index contributed by atoms with van der Waals surface area (Å²) >= 11 is 0. The van der Waals surface area contributed by atoms with E-state index in [4.69, 9.17) is 4.42 Å². The third kappa shape index (κ3) is 3.59. The second kappa shape index (κ2) is 7.88. The Hall–Kier alpha value is -2.38. The number of nitrogens with zero attached hydrogens (tertiary/aromatic N) is 2. The number of hydrogen-bond donors (Lipinski definition) is 2. The molecule has 1 amide bonds. The molecule has 1 fully saturated rings. The standard InChI is InChI=1S/C18H20N4O3.ClH/c23-15(20-9-12-4-3-7-19-8-12)10-22-11-21-16-13-5-1-2-6-14(13)25-17(16)18(22)24;/h1-2,5-6,11-12,19H,3-4,7-10H2,(H,20,23);1H. The molecule has 3 heterocycles. The lowest BCUT2D eigenvalue weighted by atomic mass is 10.00. The highest BCUT2D eigenvalue weighted by atomic mass is 35.5. The van der Waals surface area contributed by atoms with Crippen LogP contribution in [0.1, 0.15) is 12.8 Å². The number of halogens is 1. The van der Waals surface area contributed by atoms with E-state index in [1.165, 1.54) is 10.9 Å². The number of amides is 1. The predicted octanol–water partition coefficient (Wildman–Crippen LogP) is 1.68. The molecule has 26 heavy (non-hydrogen) atoms. The number of carbonyl (C=O) groups is 1. The Kier molecular flexibility index (Phi) is 5.58. The van der Waals surface area contributed by atoms with Crippen LogP contribution in [-0.2, 0) is 11.3 Å². The van der Waals surface area contributed by atoms with Gasteiger partial charge in [0.2, 0.25) is 11.5 Å². The largest absolute Gasteiger partial charge is 0.448 e. The number of carbonyl (C=O) groups excluding carboxylic acids is 1. The summed E-state index contributed by atoms with van der Waals surface area (Å²) in [5.41, 5.74) is 1.00. The maximum atomic E-state index is 12.6. The molecule has 1 aliphatic rings. The highest BCUT2D eigenvalue weighted by Crippen LogP contribution is 2.23. The van der Waals surface area contributed by atoms with Crippen molar-refractivity contribution in [2.24, 2.45) is 5.92 Å². The number of hydrogen-bond acceptors (Lipinski definition) is 5. The van der Waals surface area contributed by atoms with Gasteiger partial charge >= 0.3 is 0 Å². The van der Waals surface area contributed by atoms with Crippen molar-refractivity contribution in [1.29, 1.82) is 0 Å². The molecule has 0 aliphatic carbocycles. The SMILES string of the molecule is Cl.O=C(Cn1cnc2c(oc3ccccc32)c1=O)NCC1CCCNC1. The number of nitrogens with one attached hydrogen (secondary N) is 2. The van der Waals surface area contributed by atoms with E-state index in [1.807, 2.05) is 18.2 Å². The van der Waals surface area contributed by atoms with E-state index >= 15 is 0 Å². The first-order chi connectivity index (χ1) is 12.2. The number of furan rings is 1. The average Bonchev–Trinajstić information content (AvgIpc) is 3.03. The van der Waals surface area contributed by atoms with Crippen molar-refractivity contribution in [2.45, 2.75) is 19.4 Å². The third-order valence-corrected chi connectivity index (χ3v) is 4.65. The topological polar surface area (TPSA) is 89.2 Å². The molecule has 3 aromatic rings. The summed E-state index contributed by atoms with van der Waals surface area (Å²) in [5, 5.41) is 7.03. The van der Waals surface area contributed by atoms with Crippen LogP contribution in [0.3, 0.4) is 0 Å². The Balaban J connectivity index is 0.00000196. The fraction of sp³-hybridized carbons (Fsp3) is 0.389. The molecule has 7 nitrogen and oxygen atoms in total. The second-order valence-electron chi connectivity index (χ2n) is 6.47. The number of rotatable bonds is 4. The fourth-order valence-corrected chi connectivity index (χ4v) is 3.29. The summed E-state index contributed by atoms with van der Waals surface area (Å²) in [6.45, 7) is 2.54. The summed E-state index contributed by atoms with van der Waals surface area (Å²) < 4.78 is 6.92. The van der Waals surface area contributed by atoms with Crippen LogP contribution in [0.25, 0.3) is 22.1 Å².